The van der Waals surface area contributed by atoms with Gasteiger partial charge in [0.2, 0.25) is 11.4 Å². The van der Waals surface area contributed by atoms with Gasteiger partial charge in [0.05, 0.1) is 5.69 Å². The van der Waals surface area contributed by atoms with E-state index in [1.54, 1.807) is 22.7 Å². The van der Waals surface area contributed by atoms with Crippen LogP contribution in [0.15, 0.2) is 103 Å². The summed E-state index contributed by atoms with van der Waals surface area (Å²) >= 11 is 3.10. The highest BCUT2D eigenvalue weighted by Crippen LogP contribution is 2.57. The number of Topliss-reactive ketones (excluding diaryl/α,β-unsaturated/α-hetero) is 1. The van der Waals surface area contributed by atoms with E-state index in [4.69, 9.17) is 0 Å². The van der Waals surface area contributed by atoms with E-state index in [2.05, 4.69) is 162 Å². The molecule has 0 N–H and O–H groups in total. The number of thiophene rings is 2. The zero-order valence-corrected chi connectivity index (χ0v) is 32.4. The van der Waals surface area contributed by atoms with E-state index in [1.165, 1.54) is 33.4 Å². The number of aryl methyl sites for hydroxylation is 4. The number of fused-ring (bicyclic) bond motifs is 4. The van der Waals surface area contributed by atoms with Gasteiger partial charge in [0.25, 0.3) is 4.67 Å². The standard InChI is InChI=1S/C46H40N2O2S2/c1-25-9-15-29(16-10-25)47-35-19-13-27(3)21-31(35)45(5,6)33-23-37(51-43(33)47)39-41(49)40(42(39)50)38-24-34-44(52-38)48(30-17-11-26(2)12-18-30)36-20-14-28(4)22-32(36)46(34,7)8/h9-24H,1-8H3. The highest BCUT2D eigenvalue weighted by atomic mass is 32.1. The summed E-state index contributed by atoms with van der Waals surface area (Å²) in [7, 11) is 0. The van der Waals surface area contributed by atoms with E-state index < -0.39 is 0 Å². The zero-order chi connectivity index (χ0) is 36.4. The first-order valence-electron chi connectivity index (χ1n) is 17.8. The molecule has 1 aliphatic carbocycles. The molecule has 0 fully saturated rings. The van der Waals surface area contributed by atoms with Crippen LogP contribution in [0.2, 0.25) is 0 Å². The van der Waals surface area contributed by atoms with Gasteiger partial charge in [0.1, 0.15) is 5.00 Å². The van der Waals surface area contributed by atoms with Gasteiger partial charge in [0, 0.05) is 66.4 Å². The summed E-state index contributed by atoms with van der Waals surface area (Å²) in [6.45, 7) is 17.4. The molecule has 0 amide bonds. The Hall–Kier alpha value is -5.04. The summed E-state index contributed by atoms with van der Waals surface area (Å²) in [4.78, 5) is 17.4. The lowest BCUT2D eigenvalue weighted by atomic mass is 9.74. The Morgan fingerprint density at radius 3 is 1.88 bits per heavy atom. The van der Waals surface area contributed by atoms with Crippen molar-refractivity contribution in [1.29, 1.82) is 0 Å². The quantitative estimate of drug-likeness (QED) is 0.172. The highest BCUT2D eigenvalue weighted by molar-refractivity contribution is 7.18. The Morgan fingerprint density at radius 2 is 1.21 bits per heavy atom. The number of nitrogens with zero attached hydrogens (tertiary/aromatic N) is 2. The van der Waals surface area contributed by atoms with Crippen molar-refractivity contribution in [2.45, 2.75) is 66.2 Å². The molecule has 3 aliphatic rings. The molecule has 0 bridgehead atoms. The van der Waals surface area contributed by atoms with Crippen molar-refractivity contribution in [2.24, 2.45) is 0 Å². The number of rotatable bonds is 3. The number of hydrogen-bond donors (Lipinski definition) is 0. The van der Waals surface area contributed by atoms with E-state index in [1.807, 2.05) is 0 Å². The third-order valence-electron chi connectivity index (χ3n) is 11.3. The Balaban J connectivity index is 1.24. The van der Waals surface area contributed by atoms with Gasteiger partial charge in [-0.25, -0.2) is 0 Å². The van der Waals surface area contributed by atoms with Crippen molar-refractivity contribution in [3.8, 4) is 0 Å². The second-order valence-electron chi connectivity index (χ2n) is 15.7. The lowest BCUT2D eigenvalue weighted by Crippen LogP contribution is -2.36. The Kier molecular flexibility index (Phi) is 7.09. The molecule has 52 heavy (non-hydrogen) atoms. The normalized spacial score (nSPS) is 17.7. The fourth-order valence-electron chi connectivity index (χ4n) is 8.18. The van der Waals surface area contributed by atoms with Gasteiger partial charge >= 0.3 is 0 Å². The number of anilines is 3. The Labute approximate surface area is 313 Å². The highest BCUT2D eigenvalue weighted by Gasteiger charge is 2.43. The van der Waals surface area contributed by atoms with E-state index >= 15 is 0 Å². The first-order valence-corrected chi connectivity index (χ1v) is 19.5. The smallest absolute Gasteiger partial charge is 0.272 e. The average Bonchev–Trinajstić information content (AvgIpc) is 3.74. The van der Waals surface area contributed by atoms with Crippen molar-refractivity contribution < 1.29 is 9.90 Å². The van der Waals surface area contributed by atoms with Gasteiger partial charge in [-0.2, -0.15) is 0 Å². The third-order valence-corrected chi connectivity index (χ3v) is 13.6. The molecule has 0 radical (unpaired) electrons. The first-order chi connectivity index (χ1) is 24.8. The molecule has 6 heteroatoms. The minimum atomic E-state index is -0.319. The topological polar surface area (TPSA) is 46.4 Å². The van der Waals surface area contributed by atoms with Crippen LogP contribution >= 0.6 is 22.7 Å². The SMILES string of the molecule is Cc1ccc(N2c3ccc(C)cc3C(C)(C)c3cc(C4=C([O-])/C(=c5\cc6c(s5)=[N+](c5ccc(C)cc5)c5ccc(C)cc5C6(C)C)C4=O)sc32)cc1. The second-order valence-corrected chi connectivity index (χ2v) is 17.8. The van der Waals surface area contributed by atoms with Crippen molar-refractivity contribution in [3.05, 3.63) is 161 Å². The molecule has 2 aliphatic heterocycles. The molecular formula is C46H40N2O2S2. The van der Waals surface area contributed by atoms with Gasteiger partial charge in [-0.15, -0.1) is 15.9 Å². The Bertz CT molecular complexity index is 2690. The maximum absolute atomic E-state index is 14.3. The minimum Gasteiger partial charge on any atom is -0.871 e. The van der Waals surface area contributed by atoms with E-state index in [-0.39, 0.29) is 22.4 Å². The van der Waals surface area contributed by atoms with Crippen molar-refractivity contribution in [1.82, 2.24) is 4.58 Å². The summed E-state index contributed by atoms with van der Waals surface area (Å²) in [6.07, 6.45) is 0. The molecule has 4 aromatic carbocycles. The number of ketones is 1. The fourth-order valence-corrected chi connectivity index (χ4v) is 11.0. The molecule has 2 aromatic heterocycles. The van der Waals surface area contributed by atoms with Crippen molar-refractivity contribution in [2.75, 3.05) is 4.90 Å². The van der Waals surface area contributed by atoms with Crippen LogP contribution in [0.4, 0.5) is 27.8 Å². The summed E-state index contributed by atoms with van der Waals surface area (Å²) in [5.74, 6) is -0.327. The number of hydrogen-bond acceptors (Lipinski definition) is 5. The van der Waals surface area contributed by atoms with Gasteiger partial charge < -0.3 is 10.0 Å². The maximum Gasteiger partial charge on any atom is 0.272 e. The molecule has 0 spiro atoms. The van der Waals surface area contributed by atoms with Crippen LogP contribution in [0.5, 0.6) is 0 Å². The van der Waals surface area contributed by atoms with Crippen LogP contribution < -0.4 is 23.8 Å². The molecule has 0 unspecified atom stereocenters. The second kappa shape index (κ2) is 11.2. The largest absolute Gasteiger partial charge is 0.871 e. The van der Waals surface area contributed by atoms with Crippen LogP contribution in [0.1, 0.15) is 77.1 Å². The monoisotopic (exact) mass is 716 g/mol. The maximum atomic E-state index is 14.3. The van der Waals surface area contributed by atoms with Crippen LogP contribution in [-0.2, 0) is 15.6 Å². The van der Waals surface area contributed by atoms with Gasteiger partial charge in [0.15, 0.2) is 5.78 Å². The predicted octanol–water partition coefficient (Wildman–Crippen LogP) is 9.45. The van der Waals surface area contributed by atoms with Crippen molar-refractivity contribution in [3.63, 3.8) is 0 Å². The molecule has 0 saturated heterocycles. The first kappa shape index (κ1) is 32.8. The summed E-state index contributed by atoms with van der Waals surface area (Å²) < 4.78 is 4.09. The molecule has 258 valence electrons. The van der Waals surface area contributed by atoms with Crippen LogP contribution in [0, 0.1) is 27.7 Å². The third kappa shape index (κ3) is 4.63. The van der Waals surface area contributed by atoms with E-state index in [0.717, 1.165) is 53.0 Å². The van der Waals surface area contributed by atoms with Crippen LogP contribution in [0.3, 0.4) is 0 Å². The molecule has 9 rings (SSSR count). The summed E-state index contributed by atoms with van der Waals surface area (Å²) in [6, 6.07) is 34.6. The van der Waals surface area contributed by atoms with E-state index in [0.29, 0.717) is 11.1 Å². The lowest BCUT2D eigenvalue weighted by molar-refractivity contribution is -0.292. The van der Waals surface area contributed by atoms with Crippen LogP contribution in [-0.4, -0.2) is 5.78 Å². The Morgan fingerprint density at radius 1 is 0.615 bits per heavy atom. The number of benzene rings is 4. The number of carbonyl (C=O) groups excluding carboxylic acids is 1. The van der Waals surface area contributed by atoms with Gasteiger partial charge in [-0.3, -0.25) is 4.79 Å². The zero-order valence-electron chi connectivity index (χ0n) is 30.8. The molecular weight excluding hydrogens is 677 g/mol. The summed E-state index contributed by atoms with van der Waals surface area (Å²) in [5.41, 5.74) is 13.9. The van der Waals surface area contributed by atoms with Crippen LogP contribution in [0.25, 0.3) is 11.1 Å². The number of carbonyl (C=O) groups is 1. The molecule has 4 nitrogen and oxygen atoms in total. The lowest BCUT2D eigenvalue weighted by Gasteiger charge is -2.40. The summed E-state index contributed by atoms with van der Waals surface area (Å²) in [5, 5.41) is 15.4. The van der Waals surface area contributed by atoms with Gasteiger partial charge in [-0.05, 0) is 75.2 Å². The van der Waals surface area contributed by atoms with Crippen molar-refractivity contribution >= 4 is 67.4 Å². The fraction of sp³-hybridized carbons (Fsp3) is 0.217. The average molecular weight is 717 g/mol. The van der Waals surface area contributed by atoms with E-state index in [9.17, 15) is 9.90 Å². The molecule has 6 aromatic rings. The number of allylic oxidation sites excluding steroid dienone is 2. The molecule has 4 heterocycles. The molecule has 0 saturated carbocycles. The predicted molar refractivity (Wildman–Crippen MR) is 215 cm³/mol. The molecule has 0 atom stereocenters. The minimum absolute atomic E-state index is 0.164. The van der Waals surface area contributed by atoms with Gasteiger partial charge in [-0.1, -0.05) is 110 Å².